The highest BCUT2D eigenvalue weighted by Crippen LogP contribution is 2.23. The molecular weight excluding hydrogens is 252 g/mol. The standard InChI is InChI=1S/C16H24N2O2/c1-3-17-12-16(20)8-10-18(11-9-16)15(19)14-7-5-4-6-13(14)2/h4-7,17,20H,3,8-12H2,1-2H3. The van der Waals surface area contributed by atoms with E-state index in [1.54, 1.807) is 0 Å². The van der Waals surface area contributed by atoms with E-state index in [9.17, 15) is 9.90 Å². The number of piperidine rings is 1. The fraction of sp³-hybridized carbons (Fsp3) is 0.562. The smallest absolute Gasteiger partial charge is 0.254 e. The molecule has 0 radical (unpaired) electrons. The van der Waals surface area contributed by atoms with E-state index >= 15 is 0 Å². The summed E-state index contributed by atoms with van der Waals surface area (Å²) < 4.78 is 0. The number of carbonyl (C=O) groups is 1. The molecule has 1 aliphatic rings. The monoisotopic (exact) mass is 276 g/mol. The van der Waals surface area contributed by atoms with E-state index in [1.807, 2.05) is 43.0 Å². The predicted octanol–water partition coefficient (Wildman–Crippen LogP) is 1.57. The molecule has 4 nitrogen and oxygen atoms in total. The molecule has 1 aliphatic heterocycles. The van der Waals surface area contributed by atoms with Crippen LogP contribution in [-0.4, -0.2) is 47.7 Å². The number of likely N-dealkylation sites (N-methyl/N-ethyl adjacent to an activating group) is 1. The van der Waals surface area contributed by atoms with Crippen molar-refractivity contribution in [3.05, 3.63) is 35.4 Å². The maximum absolute atomic E-state index is 12.5. The number of carbonyl (C=O) groups excluding carboxylic acids is 1. The Balaban J connectivity index is 1.97. The minimum Gasteiger partial charge on any atom is -0.388 e. The maximum atomic E-state index is 12.5. The molecule has 1 heterocycles. The number of nitrogens with zero attached hydrogens (tertiary/aromatic N) is 1. The summed E-state index contributed by atoms with van der Waals surface area (Å²) >= 11 is 0. The SMILES string of the molecule is CCNCC1(O)CCN(C(=O)c2ccccc2C)CC1. The van der Waals surface area contributed by atoms with Gasteiger partial charge in [-0.05, 0) is 37.9 Å². The van der Waals surface area contributed by atoms with E-state index in [4.69, 9.17) is 0 Å². The fourth-order valence-electron chi connectivity index (χ4n) is 2.64. The Labute approximate surface area is 120 Å². The summed E-state index contributed by atoms with van der Waals surface area (Å²) in [6.45, 7) is 6.69. The van der Waals surface area contributed by atoms with Gasteiger partial charge in [-0.25, -0.2) is 0 Å². The highest BCUT2D eigenvalue weighted by Gasteiger charge is 2.33. The van der Waals surface area contributed by atoms with Crippen molar-refractivity contribution in [1.82, 2.24) is 10.2 Å². The molecule has 1 aromatic rings. The van der Waals surface area contributed by atoms with Gasteiger partial charge in [-0.15, -0.1) is 0 Å². The van der Waals surface area contributed by atoms with Gasteiger partial charge < -0.3 is 15.3 Å². The van der Waals surface area contributed by atoms with E-state index in [-0.39, 0.29) is 5.91 Å². The van der Waals surface area contributed by atoms with Crippen LogP contribution in [0.25, 0.3) is 0 Å². The molecule has 0 saturated carbocycles. The largest absolute Gasteiger partial charge is 0.388 e. The number of benzene rings is 1. The molecule has 1 aromatic carbocycles. The second kappa shape index (κ2) is 6.37. The van der Waals surface area contributed by atoms with Crippen molar-refractivity contribution < 1.29 is 9.90 Å². The molecular formula is C16H24N2O2. The average Bonchev–Trinajstić information content (AvgIpc) is 2.46. The average molecular weight is 276 g/mol. The number of aryl methyl sites for hydroxylation is 1. The van der Waals surface area contributed by atoms with Crippen molar-refractivity contribution in [3.63, 3.8) is 0 Å². The molecule has 2 rings (SSSR count). The van der Waals surface area contributed by atoms with Crippen LogP contribution in [0.3, 0.4) is 0 Å². The molecule has 2 N–H and O–H groups in total. The van der Waals surface area contributed by atoms with Gasteiger partial charge in [-0.3, -0.25) is 4.79 Å². The number of hydrogen-bond acceptors (Lipinski definition) is 3. The molecule has 0 spiro atoms. The molecule has 4 heteroatoms. The second-order valence-electron chi connectivity index (χ2n) is 5.61. The van der Waals surface area contributed by atoms with E-state index in [0.717, 1.165) is 17.7 Å². The van der Waals surface area contributed by atoms with Crippen LogP contribution in [0, 0.1) is 6.92 Å². The minimum absolute atomic E-state index is 0.0774. The lowest BCUT2D eigenvalue weighted by molar-refractivity contribution is -0.0152. The summed E-state index contributed by atoms with van der Waals surface area (Å²) in [7, 11) is 0. The summed E-state index contributed by atoms with van der Waals surface area (Å²) in [5.74, 6) is 0.0774. The zero-order valence-corrected chi connectivity index (χ0v) is 12.4. The number of aliphatic hydroxyl groups is 1. The zero-order chi connectivity index (χ0) is 14.6. The third kappa shape index (κ3) is 3.38. The van der Waals surface area contributed by atoms with Crippen molar-refractivity contribution in [2.24, 2.45) is 0 Å². The summed E-state index contributed by atoms with van der Waals surface area (Å²) in [4.78, 5) is 14.3. The first-order valence-electron chi connectivity index (χ1n) is 7.34. The van der Waals surface area contributed by atoms with E-state index in [0.29, 0.717) is 32.5 Å². The van der Waals surface area contributed by atoms with Gasteiger partial charge in [0.25, 0.3) is 5.91 Å². The molecule has 1 saturated heterocycles. The normalized spacial score (nSPS) is 18.1. The summed E-state index contributed by atoms with van der Waals surface area (Å²) in [6, 6.07) is 7.67. The molecule has 0 unspecified atom stereocenters. The Bertz CT molecular complexity index is 465. The molecule has 0 atom stereocenters. The Hall–Kier alpha value is -1.39. The Morgan fingerprint density at radius 2 is 2.00 bits per heavy atom. The van der Waals surface area contributed by atoms with Crippen LogP contribution in [0.4, 0.5) is 0 Å². The van der Waals surface area contributed by atoms with Crippen molar-refractivity contribution in [3.8, 4) is 0 Å². The number of rotatable bonds is 4. The van der Waals surface area contributed by atoms with Gasteiger partial charge in [0.15, 0.2) is 0 Å². The molecule has 0 bridgehead atoms. The third-order valence-corrected chi connectivity index (χ3v) is 4.06. The first-order valence-corrected chi connectivity index (χ1v) is 7.34. The highest BCUT2D eigenvalue weighted by molar-refractivity contribution is 5.95. The number of likely N-dealkylation sites (tertiary alicyclic amines) is 1. The molecule has 0 aromatic heterocycles. The Morgan fingerprint density at radius 3 is 2.60 bits per heavy atom. The van der Waals surface area contributed by atoms with Crippen molar-refractivity contribution in [2.45, 2.75) is 32.3 Å². The van der Waals surface area contributed by atoms with Gasteiger partial charge >= 0.3 is 0 Å². The van der Waals surface area contributed by atoms with Gasteiger partial charge in [-0.2, -0.15) is 0 Å². The van der Waals surface area contributed by atoms with Crippen LogP contribution < -0.4 is 5.32 Å². The van der Waals surface area contributed by atoms with Crippen LogP contribution in [0.1, 0.15) is 35.7 Å². The lowest BCUT2D eigenvalue weighted by Gasteiger charge is -2.38. The highest BCUT2D eigenvalue weighted by atomic mass is 16.3. The summed E-state index contributed by atoms with van der Waals surface area (Å²) in [5, 5.41) is 13.6. The molecule has 0 aliphatic carbocycles. The van der Waals surface area contributed by atoms with E-state index in [1.165, 1.54) is 0 Å². The quantitative estimate of drug-likeness (QED) is 0.878. The van der Waals surface area contributed by atoms with Gasteiger partial charge in [0.2, 0.25) is 0 Å². The minimum atomic E-state index is -0.668. The van der Waals surface area contributed by atoms with Gasteiger partial charge in [0, 0.05) is 25.2 Å². The van der Waals surface area contributed by atoms with Gasteiger partial charge in [0.1, 0.15) is 0 Å². The summed E-state index contributed by atoms with van der Waals surface area (Å²) in [5.41, 5.74) is 1.11. The summed E-state index contributed by atoms with van der Waals surface area (Å²) in [6.07, 6.45) is 1.27. The molecule has 110 valence electrons. The lowest BCUT2D eigenvalue weighted by Crippen LogP contribution is -2.51. The third-order valence-electron chi connectivity index (χ3n) is 4.06. The molecule has 1 fully saturated rings. The van der Waals surface area contributed by atoms with Gasteiger partial charge in [0.05, 0.1) is 5.60 Å². The van der Waals surface area contributed by atoms with Crippen molar-refractivity contribution in [2.75, 3.05) is 26.2 Å². The molecule has 1 amide bonds. The first kappa shape index (κ1) is 15.0. The Kier molecular flexibility index (Phi) is 4.78. The second-order valence-corrected chi connectivity index (χ2v) is 5.61. The van der Waals surface area contributed by atoms with Crippen LogP contribution >= 0.6 is 0 Å². The lowest BCUT2D eigenvalue weighted by atomic mass is 9.91. The fourth-order valence-corrected chi connectivity index (χ4v) is 2.64. The van der Waals surface area contributed by atoms with Gasteiger partial charge in [-0.1, -0.05) is 25.1 Å². The zero-order valence-electron chi connectivity index (χ0n) is 12.4. The van der Waals surface area contributed by atoms with E-state index < -0.39 is 5.60 Å². The number of amides is 1. The van der Waals surface area contributed by atoms with Crippen LogP contribution in [0.5, 0.6) is 0 Å². The van der Waals surface area contributed by atoms with Crippen LogP contribution in [0.2, 0.25) is 0 Å². The van der Waals surface area contributed by atoms with E-state index in [2.05, 4.69) is 5.32 Å². The first-order chi connectivity index (χ1) is 9.56. The predicted molar refractivity (Wildman–Crippen MR) is 79.8 cm³/mol. The number of nitrogens with one attached hydrogen (secondary N) is 1. The van der Waals surface area contributed by atoms with Crippen molar-refractivity contribution >= 4 is 5.91 Å². The van der Waals surface area contributed by atoms with Crippen molar-refractivity contribution in [1.29, 1.82) is 0 Å². The number of hydrogen-bond donors (Lipinski definition) is 2. The van der Waals surface area contributed by atoms with Crippen LogP contribution in [-0.2, 0) is 0 Å². The maximum Gasteiger partial charge on any atom is 0.254 e. The topological polar surface area (TPSA) is 52.6 Å². The molecule has 20 heavy (non-hydrogen) atoms. The van der Waals surface area contributed by atoms with Crippen LogP contribution in [0.15, 0.2) is 24.3 Å². The Morgan fingerprint density at radius 1 is 1.35 bits per heavy atom.